The number of hydrogen-bond acceptors (Lipinski definition) is 3. The van der Waals surface area contributed by atoms with E-state index in [1.807, 2.05) is 24.3 Å². The summed E-state index contributed by atoms with van der Waals surface area (Å²) in [4.78, 5) is 0. The van der Waals surface area contributed by atoms with Gasteiger partial charge in [-0.05, 0) is 29.3 Å². The number of rotatable bonds is 6. The first-order valence-electron chi connectivity index (χ1n) is 7.86. The maximum Gasteiger partial charge on any atom is 0.215 e. The van der Waals surface area contributed by atoms with Gasteiger partial charge >= 0.3 is 0 Å². The highest BCUT2D eigenvalue weighted by Crippen LogP contribution is 2.32. The lowest BCUT2D eigenvalue weighted by Crippen LogP contribution is -2.45. The first-order chi connectivity index (χ1) is 11.8. The number of sulfonamides is 1. The fourth-order valence-electron chi connectivity index (χ4n) is 3.15. The molecule has 4 nitrogen and oxygen atoms in total. The van der Waals surface area contributed by atoms with Crippen LogP contribution in [0.15, 0.2) is 42.5 Å². The number of ether oxygens (including phenoxy) is 1. The highest BCUT2D eigenvalue weighted by molar-refractivity contribution is 7.88. The zero-order valence-electron chi connectivity index (χ0n) is 13.8. The molecule has 0 saturated heterocycles. The number of fused-ring (bicyclic) bond motifs is 1. The number of halogens is 2. The van der Waals surface area contributed by atoms with E-state index >= 15 is 0 Å². The fourth-order valence-corrected chi connectivity index (χ4v) is 4.37. The van der Waals surface area contributed by atoms with Crippen LogP contribution in [0.2, 0.25) is 0 Å². The van der Waals surface area contributed by atoms with E-state index in [0.717, 1.165) is 29.3 Å². The predicted octanol–water partition coefficient (Wildman–Crippen LogP) is 2.57. The Morgan fingerprint density at radius 2 is 1.76 bits per heavy atom. The van der Waals surface area contributed by atoms with Crippen molar-refractivity contribution in [2.24, 2.45) is 0 Å². The second kappa shape index (κ2) is 6.82. The molecular formula is C18H19F2NO3S. The zero-order chi connectivity index (χ0) is 18.1. The monoisotopic (exact) mass is 367 g/mol. The van der Waals surface area contributed by atoms with Crippen molar-refractivity contribution in [2.75, 3.05) is 13.7 Å². The Morgan fingerprint density at radius 1 is 1.12 bits per heavy atom. The molecule has 0 saturated carbocycles. The first kappa shape index (κ1) is 18.0. The van der Waals surface area contributed by atoms with Crippen LogP contribution in [-0.2, 0) is 33.4 Å². The first-order valence-corrected chi connectivity index (χ1v) is 9.51. The summed E-state index contributed by atoms with van der Waals surface area (Å²) in [6.07, 6.45) is 1.19. The molecule has 0 atom stereocenters. The van der Waals surface area contributed by atoms with Gasteiger partial charge in [0.25, 0.3) is 0 Å². The van der Waals surface area contributed by atoms with E-state index in [9.17, 15) is 17.2 Å². The molecule has 1 N–H and O–H groups in total. The van der Waals surface area contributed by atoms with E-state index in [0.29, 0.717) is 12.8 Å². The largest absolute Gasteiger partial charge is 0.376 e. The van der Waals surface area contributed by atoms with E-state index in [1.54, 1.807) is 7.11 Å². The minimum absolute atomic E-state index is 0.0669. The van der Waals surface area contributed by atoms with Crippen molar-refractivity contribution in [3.05, 3.63) is 70.8 Å². The van der Waals surface area contributed by atoms with E-state index < -0.39 is 33.0 Å². The van der Waals surface area contributed by atoms with Crippen LogP contribution in [0.1, 0.15) is 16.7 Å². The molecule has 2 aromatic rings. The van der Waals surface area contributed by atoms with Gasteiger partial charge in [-0.3, -0.25) is 0 Å². The van der Waals surface area contributed by atoms with Gasteiger partial charge in [0.2, 0.25) is 10.0 Å². The van der Waals surface area contributed by atoms with Crippen molar-refractivity contribution < 1.29 is 21.9 Å². The van der Waals surface area contributed by atoms with Crippen LogP contribution in [0, 0.1) is 11.6 Å². The molecule has 3 rings (SSSR count). The molecule has 1 aliphatic rings. The summed E-state index contributed by atoms with van der Waals surface area (Å²) in [6.45, 7) is 0.0669. The predicted molar refractivity (Wildman–Crippen MR) is 90.6 cm³/mol. The molecule has 0 amide bonds. The molecule has 0 unspecified atom stereocenters. The third-order valence-corrected chi connectivity index (χ3v) is 5.82. The van der Waals surface area contributed by atoms with Crippen molar-refractivity contribution in [1.29, 1.82) is 0 Å². The average molecular weight is 367 g/mol. The second-order valence-corrected chi connectivity index (χ2v) is 8.13. The average Bonchev–Trinajstić information content (AvgIpc) is 2.96. The van der Waals surface area contributed by atoms with E-state index in [1.165, 1.54) is 0 Å². The third-order valence-electron chi connectivity index (χ3n) is 4.54. The molecule has 7 heteroatoms. The summed E-state index contributed by atoms with van der Waals surface area (Å²) in [7, 11) is -2.29. The Hall–Kier alpha value is -1.83. The molecule has 0 heterocycles. The fraction of sp³-hybridized carbons (Fsp3) is 0.333. The minimum atomic E-state index is -3.83. The highest BCUT2D eigenvalue weighted by atomic mass is 32.2. The Kier molecular flexibility index (Phi) is 4.90. The molecule has 0 bridgehead atoms. The lowest BCUT2D eigenvalue weighted by atomic mass is 10.0. The van der Waals surface area contributed by atoms with Gasteiger partial charge < -0.3 is 4.74 Å². The van der Waals surface area contributed by atoms with Gasteiger partial charge in [0, 0.05) is 32.1 Å². The number of nitrogens with one attached hydrogen (secondary N) is 1. The van der Waals surface area contributed by atoms with Crippen molar-refractivity contribution in [3.8, 4) is 0 Å². The van der Waals surface area contributed by atoms with Gasteiger partial charge in [0.15, 0.2) is 0 Å². The normalized spacial score (nSPS) is 16.0. The van der Waals surface area contributed by atoms with Gasteiger partial charge in [-0.15, -0.1) is 0 Å². The van der Waals surface area contributed by atoms with Crippen LogP contribution < -0.4 is 4.72 Å². The molecule has 0 aliphatic heterocycles. The lowest BCUT2D eigenvalue weighted by Gasteiger charge is -2.27. The maximum atomic E-state index is 13.7. The Bertz CT molecular complexity index is 859. The summed E-state index contributed by atoms with van der Waals surface area (Å²) < 4.78 is 59.6. The lowest BCUT2D eigenvalue weighted by molar-refractivity contribution is 0.00377. The van der Waals surface area contributed by atoms with Crippen LogP contribution in [0.25, 0.3) is 0 Å². The number of methoxy groups -OCH3 is 1. The van der Waals surface area contributed by atoms with Gasteiger partial charge in [0.05, 0.1) is 11.4 Å². The molecule has 134 valence electrons. The smallest absolute Gasteiger partial charge is 0.215 e. The van der Waals surface area contributed by atoms with Crippen LogP contribution in [0.3, 0.4) is 0 Å². The molecule has 1 aliphatic carbocycles. The van der Waals surface area contributed by atoms with Crippen LogP contribution in [0.4, 0.5) is 8.78 Å². The van der Waals surface area contributed by atoms with Gasteiger partial charge in [-0.25, -0.2) is 21.9 Å². The van der Waals surface area contributed by atoms with Crippen LogP contribution in [-0.4, -0.2) is 27.7 Å². The molecule has 25 heavy (non-hydrogen) atoms. The molecular weight excluding hydrogens is 348 g/mol. The maximum absolute atomic E-state index is 13.7. The highest BCUT2D eigenvalue weighted by Gasteiger charge is 2.38. The van der Waals surface area contributed by atoms with Crippen LogP contribution >= 0.6 is 0 Å². The second-order valence-electron chi connectivity index (χ2n) is 6.33. The molecule has 0 fully saturated rings. The van der Waals surface area contributed by atoms with Crippen LogP contribution in [0.5, 0.6) is 0 Å². The molecule has 0 spiro atoms. The van der Waals surface area contributed by atoms with E-state index in [-0.39, 0.29) is 12.1 Å². The SMILES string of the molecule is COC1(CNS(=O)(=O)Cc2cc(F)ccc2F)Cc2ccccc2C1. The molecule has 0 aromatic heterocycles. The van der Waals surface area contributed by atoms with Crippen molar-refractivity contribution in [1.82, 2.24) is 4.72 Å². The third kappa shape index (κ3) is 4.05. The minimum Gasteiger partial charge on any atom is -0.376 e. The van der Waals surface area contributed by atoms with Gasteiger partial charge in [0.1, 0.15) is 11.6 Å². The van der Waals surface area contributed by atoms with Gasteiger partial charge in [-0.2, -0.15) is 0 Å². The molecule has 0 radical (unpaired) electrons. The number of hydrogen-bond donors (Lipinski definition) is 1. The topological polar surface area (TPSA) is 55.4 Å². The van der Waals surface area contributed by atoms with E-state index in [2.05, 4.69) is 4.72 Å². The summed E-state index contributed by atoms with van der Waals surface area (Å²) >= 11 is 0. The van der Waals surface area contributed by atoms with Crippen molar-refractivity contribution in [3.63, 3.8) is 0 Å². The molecule has 2 aromatic carbocycles. The van der Waals surface area contributed by atoms with E-state index in [4.69, 9.17) is 4.74 Å². The zero-order valence-corrected chi connectivity index (χ0v) is 14.6. The number of benzene rings is 2. The summed E-state index contributed by atoms with van der Waals surface area (Å²) in [6, 6.07) is 10.6. The summed E-state index contributed by atoms with van der Waals surface area (Å²) in [5.74, 6) is -2.05. The Morgan fingerprint density at radius 3 is 2.36 bits per heavy atom. The quantitative estimate of drug-likeness (QED) is 0.854. The Labute approximate surface area is 145 Å². The van der Waals surface area contributed by atoms with Gasteiger partial charge in [-0.1, -0.05) is 24.3 Å². The Balaban J connectivity index is 1.70. The van der Waals surface area contributed by atoms with Crippen molar-refractivity contribution in [2.45, 2.75) is 24.2 Å². The summed E-state index contributed by atoms with van der Waals surface area (Å²) in [5, 5.41) is 0. The van der Waals surface area contributed by atoms with Crippen molar-refractivity contribution >= 4 is 10.0 Å². The standard InChI is InChI=1S/C18H19F2NO3S/c1-24-18(9-13-4-2-3-5-14(13)10-18)12-21-25(22,23)11-15-8-16(19)6-7-17(15)20/h2-8,21H,9-12H2,1H3. The summed E-state index contributed by atoms with van der Waals surface area (Å²) in [5.41, 5.74) is 1.38.